The van der Waals surface area contributed by atoms with E-state index >= 15 is 0 Å². The summed E-state index contributed by atoms with van der Waals surface area (Å²) in [6.07, 6.45) is 0. The Morgan fingerprint density at radius 3 is 1.50 bits per heavy atom. The van der Waals surface area contributed by atoms with Gasteiger partial charge in [-0.05, 0) is 21.6 Å². The van der Waals surface area contributed by atoms with Gasteiger partial charge in [0.1, 0.15) is 0 Å². The Hall–Kier alpha value is 1.06. The van der Waals surface area contributed by atoms with E-state index in [1.54, 1.807) is 0 Å². The van der Waals surface area contributed by atoms with Crippen LogP contribution in [0.15, 0.2) is 18.6 Å². The van der Waals surface area contributed by atoms with Gasteiger partial charge in [0.2, 0.25) is 0 Å². The molecule has 0 aromatic rings. The molecule has 64 valence electrons. The number of hydrogen-bond acceptors (Lipinski definition) is 6. The minimum Gasteiger partial charge on any atom is -0.191 e. The standard InChI is InChI=1S/C4Cl2N2S4/c5-3-1(9-11-7-3)2-4(6)8-12-10-2/b2-1-. The van der Waals surface area contributed by atoms with E-state index < -0.39 is 0 Å². The molecule has 0 aliphatic carbocycles. The number of allylic oxidation sites excluding steroid dienone is 2. The van der Waals surface area contributed by atoms with Crippen LogP contribution in [0.1, 0.15) is 0 Å². The molecule has 0 unspecified atom stereocenters. The fraction of sp³-hybridized carbons (Fsp3) is 0. The third kappa shape index (κ3) is 1.78. The summed E-state index contributed by atoms with van der Waals surface area (Å²) in [7, 11) is 5.74. The van der Waals surface area contributed by atoms with Crippen molar-refractivity contribution >= 4 is 77.1 Å². The van der Waals surface area contributed by atoms with Gasteiger partial charge in [-0.1, -0.05) is 23.2 Å². The van der Waals surface area contributed by atoms with Gasteiger partial charge in [0.05, 0.1) is 31.8 Å². The first-order valence-corrected chi connectivity index (χ1v) is 7.65. The molecule has 0 bridgehead atoms. The van der Waals surface area contributed by atoms with Gasteiger partial charge in [0, 0.05) is 0 Å². The minimum atomic E-state index is 0.517. The first-order valence-electron chi connectivity index (χ1n) is 2.68. The van der Waals surface area contributed by atoms with Gasteiger partial charge in [-0.3, -0.25) is 0 Å². The van der Waals surface area contributed by atoms with Crippen molar-refractivity contribution in [2.24, 2.45) is 8.80 Å². The molecule has 0 saturated carbocycles. The molecule has 0 fully saturated rings. The highest BCUT2D eigenvalue weighted by Crippen LogP contribution is 2.50. The molecule has 8 heteroatoms. The lowest BCUT2D eigenvalue weighted by molar-refractivity contribution is 1.93. The van der Waals surface area contributed by atoms with Crippen LogP contribution >= 0.6 is 66.7 Å². The molecule has 0 radical (unpaired) electrons. The molecule has 2 aliphatic heterocycles. The predicted molar refractivity (Wildman–Crippen MR) is 64.0 cm³/mol. The third-order valence-electron chi connectivity index (χ3n) is 1.06. The molecule has 12 heavy (non-hydrogen) atoms. The first kappa shape index (κ1) is 9.61. The molecule has 0 N–H and O–H groups in total. The van der Waals surface area contributed by atoms with Crippen molar-refractivity contribution in [1.29, 1.82) is 0 Å². The zero-order valence-electron chi connectivity index (χ0n) is 5.28. The van der Waals surface area contributed by atoms with Crippen LogP contribution in [0.25, 0.3) is 0 Å². The van der Waals surface area contributed by atoms with Crippen molar-refractivity contribution in [3.05, 3.63) is 9.81 Å². The monoisotopic (exact) mass is 274 g/mol. The van der Waals surface area contributed by atoms with Gasteiger partial charge >= 0.3 is 0 Å². The molecule has 2 nitrogen and oxygen atoms in total. The van der Waals surface area contributed by atoms with E-state index in [-0.39, 0.29) is 0 Å². The Morgan fingerprint density at radius 2 is 1.25 bits per heavy atom. The molecule has 0 atom stereocenters. The second kappa shape index (κ2) is 4.06. The van der Waals surface area contributed by atoms with Crippen LogP contribution < -0.4 is 0 Å². The zero-order chi connectivity index (χ0) is 8.55. The SMILES string of the molecule is ClC1=NSS/C1=C1\SSN=C1Cl. The van der Waals surface area contributed by atoms with E-state index in [1.165, 1.54) is 43.5 Å². The highest BCUT2D eigenvalue weighted by Gasteiger charge is 2.25. The Bertz CT molecular complexity index is 280. The zero-order valence-corrected chi connectivity index (χ0v) is 10.1. The molecular weight excluding hydrogens is 275 g/mol. The maximum Gasteiger partial charge on any atom is 0.154 e. The van der Waals surface area contributed by atoms with Crippen molar-refractivity contribution in [2.75, 3.05) is 0 Å². The Labute approximate surface area is 95.1 Å². The molecule has 0 saturated heterocycles. The van der Waals surface area contributed by atoms with Crippen LogP contribution in [-0.4, -0.2) is 10.3 Å². The van der Waals surface area contributed by atoms with Crippen LogP contribution in [0.2, 0.25) is 0 Å². The fourth-order valence-electron chi connectivity index (χ4n) is 0.592. The van der Waals surface area contributed by atoms with Crippen LogP contribution in [0.3, 0.4) is 0 Å². The lowest BCUT2D eigenvalue weighted by Crippen LogP contribution is -1.92. The molecule has 0 amide bonds. The molecule has 0 spiro atoms. The summed E-state index contributed by atoms with van der Waals surface area (Å²) in [6, 6.07) is 0. The second-order valence-corrected chi connectivity index (χ2v) is 6.16. The Balaban J connectivity index is 2.37. The minimum absolute atomic E-state index is 0.517. The molecule has 0 aromatic carbocycles. The van der Waals surface area contributed by atoms with Gasteiger partial charge < -0.3 is 0 Å². The molecule has 2 rings (SSSR count). The number of rotatable bonds is 0. The summed E-state index contributed by atoms with van der Waals surface area (Å²) in [5.41, 5.74) is 0. The quantitative estimate of drug-likeness (QED) is 0.491. The molecule has 2 aliphatic rings. The van der Waals surface area contributed by atoms with Crippen molar-refractivity contribution in [1.82, 2.24) is 0 Å². The number of hydrogen-bond donors (Lipinski definition) is 0. The maximum absolute atomic E-state index is 5.84. The van der Waals surface area contributed by atoms with Crippen LogP contribution in [-0.2, 0) is 0 Å². The Kier molecular flexibility index (Phi) is 3.25. The van der Waals surface area contributed by atoms with Crippen molar-refractivity contribution in [3.8, 4) is 0 Å². The number of halogens is 2. The highest BCUT2D eigenvalue weighted by molar-refractivity contribution is 8.80. The van der Waals surface area contributed by atoms with Gasteiger partial charge in [-0.15, -0.1) is 0 Å². The molecule has 2 heterocycles. The average molecular weight is 275 g/mol. The van der Waals surface area contributed by atoms with Crippen molar-refractivity contribution in [3.63, 3.8) is 0 Å². The van der Waals surface area contributed by atoms with E-state index in [4.69, 9.17) is 23.2 Å². The lowest BCUT2D eigenvalue weighted by atomic mass is 10.5. The summed E-state index contributed by atoms with van der Waals surface area (Å²) < 4.78 is 7.93. The van der Waals surface area contributed by atoms with E-state index in [0.29, 0.717) is 10.3 Å². The molecular formula is C4Cl2N2S4. The lowest BCUT2D eigenvalue weighted by Gasteiger charge is -1.96. The van der Waals surface area contributed by atoms with Crippen LogP contribution in [0, 0.1) is 0 Å². The van der Waals surface area contributed by atoms with Gasteiger partial charge in [-0.2, -0.15) is 8.80 Å². The van der Waals surface area contributed by atoms with Crippen molar-refractivity contribution in [2.45, 2.75) is 0 Å². The largest absolute Gasteiger partial charge is 0.191 e. The van der Waals surface area contributed by atoms with Gasteiger partial charge in [0.25, 0.3) is 0 Å². The van der Waals surface area contributed by atoms with Gasteiger partial charge in [0.15, 0.2) is 10.3 Å². The second-order valence-electron chi connectivity index (χ2n) is 1.74. The average Bonchev–Trinajstić information content (AvgIpc) is 2.59. The number of nitrogens with zero attached hydrogens (tertiary/aromatic N) is 2. The van der Waals surface area contributed by atoms with Crippen LogP contribution in [0.4, 0.5) is 0 Å². The predicted octanol–water partition coefficient (Wildman–Crippen LogP) is 4.09. The van der Waals surface area contributed by atoms with E-state index in [9.17, 15) is 0 Å². The maximum atomic E-state index is 5.84. The smallest absolute Gasteiger partial charge is 0.154 e. The summed E-state index contributed by atoms with van der Waals surface area (Å²) in [5.74, 6) is 0. The fourth-order valence-corrected chi connectivity index (χ4v) is 5.74. The third-order valence-corrected chi connectivity index (χ3v) is 5.84. The topological polar surface area (TPSA) is 24.7 Å². The van der Waals surface area contributed by atoms with E-state index in [2.05, 4.69) is 8.80 Å². The Morgan fingerprint density at radius 1 is 0.833 bits per heavy atom. The normalized spacial score (nSPS) is 29.2. The summed E-state index contributed by atoms with van der Waals surface area (Å²) in [5, 5.41) is 1.03. The first-order chi connectivity index (χ1) is 5.79. The summed E-state index contributed by atoms with van der Waals surface area (Å²) in [6.45, 7) is 0. The summed E-state index contributed by atoms with van der Waals surface area (Å²) >= 11 is 11.7. The highest BCUT2D eigenvalue weighted by atomic mass is 35.5. The van der Waals surface area contributed by atoms with Gasteiger partial charge in [-0.25, -0.2) is 0 Å². The van der Waals surface area contributed by atoms with Crippen LogP contribution in [0.5, 0.6) is 0 Å². The van der Waals surface area contributed by atoms with Crippen molar-refractivity contribution < 1.29 is 0 Å². The van der Waals surface area contributed by atoms with E-state index in [1.807, 2.05) is 0 Å². The summed E-state index contributed by atoms with van der Waals surface area (Å²) in [4.78, 5) is 1.84. The van der Waals surface area contributed by atoms with E-state index in [0.717, 1.165) is 9.81 Å². The molecule has 0 aromatic heterocycles.